The SMILES string of the molecule is O=S(O)CCCSSSCCCS(=O)O.[Na+]. The summed E-state index contributed by atoms with van der Waals surface area (Å²) >= 11 is -3.34. The van der Waals surface area contributed by atoms with Crippen molar-refractivity contribution >= 4 is 53.6 Å². The van der Waals surface area contributed by atoms with Gasteiger partial charge in [-0.05, 0) is 22.7 Å². The second-order valence-corrected chi connectivity index (χ2v) is 9.04. The molecule has 0 radical (unpaired) electrons. The van der Waals surface area contributed by atoms with Crippen molar-refractivity contribution in [1.82, 2.24) is 0 Å². The van der Waals surface area contributed by atoms with E-state index in [2.05, 4.69) is 0 Å². The number of rotatable bonds is 10. The molecule has 0 aromatic rings. The van der Waals surface area contributed by atoms with Gasteiger partial charge in [-0.15, -0.1) is 0 Å². The van der Waals surface area contributed by atoms with Gasteiger partial charge in [-0.1, -0.05) is 21.6 Å². The Bertz CT molecular complexity index is 185. The Labute approximate surface area is 135 Å². The Kier molecular flexibility index (Phi) is 19.7. The fraction of sp³-hybridized carbons (Fsp3) is 1.00. The van der Waals surface area contributed by atoms with Crippen LogP contribution in [-0.4, -0.2) is 40.5 Å². The molecule has 2 atom stereocenters. The van der Waals surface area contributed by atoms with Gasteiger partial charge in [0.1, 0.15) is 0 Å². The first-order valence-electron chi connectivity index (χ1n) is 4.19. The molecule has 10 heteroatoms. The van der Waals surface area contributed by atoms with Crippen molar-refractivity contribution in [2.45, 2.75) is 12.8 Å². The fourth-order valence-corrected chi connectivity index (χ4v) is 5.62. The fourth-order valence-electron chi connectivity index (χ4n) is 0.585. The van der Waals surface area contributed by atoms with Crippen LogP contribution in [0.4, 0.5) is 0 Å². The molecule has 0 aromatic heterocycles. The molecule has 0 aromatic carbocycles. The van der Waals surface area contributed by atoms with Gasteiger partial charge in [0.2, 0.25) is 0 Å². The van der Waals surface area contributed by atoms with Crippen LogP contribution in [-0.2, 0) is 22.2 Å². The van der Waals surface area contributed by atoms with Crippen LogP contribution in [0.25, 0.3) is 0 Å². The van der Waals surface area contributed by atoms with Crippen LogP contribution >= 0.6 is 31.4 Å². The average molecular weight is 333 g/mol. The minimum Gasteiger partial charge on any atom is -0.306 e. The Balaban J connectivity index is 0. The van der Waals surface area contributed by atoms with E-state index in [4.69, 9.17) is 9.11 Å². The molecule has 2 unspecified atom stereocenters. The molecule has 0 rings (SSSR count). The summed E-state index contributed by atoms with van der Waals surface area (Å²) in [6.07, 6.45) is 1.48. The van der Waals surface area contributed by atoms with Crippen LogP contribution < -0.4 is 29.6 Å². The Morgan fingerprint density at radius 3 is 1.56 bits per heavy atom. The molecular formula is C6H14NaO4S5+. The molecular weight excluding hydrogens is 319 g/mol. The van der Waals surface area contributed by atoms with Crippen molar-refractivity contribution in [3.05, 3.63) is 0 Å². The predicted octanol–water partition coefficient (Wildman–Crippen LogP) is -0.756. The standard InChI is InChI=1S/C6H14O4S5.Na/c7-14(8)5-1-3-11-13-12-4-2-6-15(9)10;/h1-6H2,(H,7,8)(H,9,10);/q;+1. The maximum Gasteiger partial charge on any atom is 1.00 e. The summed E-state index contributed by atoms with van der Waals surface area (Å²) in [4.78, 5) is 0. The monoisotopic (exact) mass is 333 g/mol. The largest absolute Gasteiger partial charge is 1.00 e. The van der Waals surface area contributed by atoms with E-state index in [0.29, 0.717) is 11.5 Å². The van der Waals surface area contributed by atoms with Gasteiger partial charge in [-0.25, -0.2) is 8.42 Å². The van der Waals surface area contributed by atoms with Crippen molar-refractivity contribution in [3.8, 4) is 0 Å². The zero-order valence-electron chi connectivity index (χ0n) is 8.99. The minimum atomic E-state index is -1.67. The summed E-state index contributed by atoms with van der Waals surface area (Å²) in [6.45, 7) is 0. The molecule has 16 heavy (non-hydrogen) atoms. The van der Waals surface area contributed by atoms with Crippen molar-refractivity contribution in [1.29, 1.82) is 0 Å². The van der Waals surface area contributed by atoms with E-state index >= 15 is 0 Å². The molecule has 0 bridgehead atoms. The smallest absolute Gasteiger partial charge is 0.306 e. The van der Waals surface area contributed by atoms with Crippen LogP contribution in [0.15, 0.2) is 0 Å². The summed E-state index contributed by atoms with van der Waals surface area (Å²) in [7, 11) is 4.93. The van der Waals surface area contributed by atoms with E-state index in [1.165, 1.54) is 0 Å². The normalized spacial score (nSPS) is 14.1. The molecule has 0 heterocycles. The average Bonchev–Trinajstić information content (AvgIpc) is 2.14. The number of hydrogen-bond acceptors (Lipinski definition) is 5. The van der Waals surface area contributed by atoms with Gasteiger partial charge in [0.05, 0.1) is 11.5 Å². The molecule has 4 nitrogen and oxygen atoms in total. The molecule has 92 valence electrons. The van der Waals surface area contributed by atoms with Crippen molar-refractivity contribution in [2.24, 2.45) is 0 Å². The van der Waals surface area contributed by atoms with E-state index < -0.39 is 22.2 Å². The van der Waals surface area contributed by atoms with Gasteiger partial charge in [-0.2, -0.15) is 0 Å². The summed E-state index contributed by atoms with van der Waals surface area (Å²) in [5.74, 6) is 2.38. The molecule has 0 aliphatic rings. The van der Waals surface area contributed by atoms with E-state index in [9.17, 15) is 8.42 Å². The van der Waals surface area contributed by atoms with Crippen LogP contribution in [0, 0.1) is 0 Å². The quantitative estimate of drug-likeness (QED) is 0.236. The Morgan fingerprint density at radius 2 is 1.25 bits per heavy atom. The Hall–Kier alpha value is 2.27. The van der Waals surface area contributed by atoms with E-state index in [1.807, 2.05) is 0 Å². The van der Waals surface area contributed by atoms with Crippen LogP contribution in [0.2, 0.25) is 0 Å². The van der Waals surface area contributed by atoms with Crippen LogP contribution in [0.5, 0.6) is 0 Å². The van der Waals surface area contributed by atoms with E-state index in [0.717, 1.165) is 24.3 Å². The molecule has 0 spiro atoms. The van der Waals surface area contributed by atoms with Crippen molar-refractivity contribution < 1.29 is 47.1 Å². The van der Waals surface area contributed by atoms with Crippen LogP contribution in [0.3, 0.4) is 0 Å². The van der Waals surface area contributed by atoms with Crippen molar-refractivity contribution in [2.75, 3.05) is 23.0 Å². The summed E-state index contributed by atoms with van der Waals surface area (Å²) < 4.78 is 37.5. The molecule has 0 aliphatic carbocycles. The summed E-state index contributed by atoms with van der Waals surface area (Å²) in [6, 6.07) is 0. The first-order chi connectivity index (χ1) is 7.13. The minimum absolute atomic E-state index is 0. The van der Waals surface area contributed by atoms with Gasteiger partial charge in [-0.3, -0.25) is 0 Å². The summed E-state index contributed by atoms with van der Waals surface area (Å²) in [5, 5.41) is 0. The van der Waals surface area contributed by atoms with E-state index in [-0.39, 0.29) is 29.6 Å². The predicted molar refractivity (Wildman–Crippen MR) is 73.0 cm³/mol. The third kappa shape index (κ3) is 18.6. The maximum atomic E-state index is 10.3. The zero-order valence-corrected chi connectivity index (χ0v) is 15.1. The zero-order chi connectivity index (χ0) is 11.5. The molecule has 0 saturated carbocycles. The Morgan fingerprint density at radius 1 is 0.875 bits per heavy atom. The molecule has 0 aliphatic heterocycles. The van der Waals surface area contributed by atoms with E-state index in [1.54, 1.807) is 31.4 Å². The number of hydrogen-bond donors (Lipinski definition) is 2. The second-order valence-electron chi connectivity index (χ2n) is 2.47. The third-order valence-corrected chi connectivity index (χ3v) is 6.88. The summed E-state index contributed by atoms with van der Waals surface area (Å²) in [5.41, 5.74) is 0. The van der Waals surface area contributed by atoms with Crippen molar-refractivity contribution in [3.63, 3.8) is 0 Å². The maximum absolute atomic E-state index is 10.3. The van der Waals surface area contributed by atoms with Crippen LogP contribution in [0.1, 0.15) is 12.8 Å². The van der Waals surface area contributed by atoms with Gasteiger partial charge < -0.3 is 9.11 Å². The third-order valence-electron chi connectivity index (χ3n) is 1.19. The first kappa shape index (κ1) is 20.6. The van der Waals surface area contributed by atoms with Gasteiger partial charge in [0.25, 0.3) is 0 Å². The molecule has 2 N–H and O–H groups in total. The molecule has 0 fully saturated rings. The van der Waals surface area contributed by atoms with Gasteiger partial charge in [0, 0.05) is 11.5 Å². The first-order valence-corrected chi connectivity index (χ1v) is 10.6. The molecule has 0 saturated heterocycles. The van der Waals surface area contributed by atoms with Gasteiger partial charge >= 0.3 is 29.6 Å². The molecule has 0 amide bonds. The topological polar surface area (TPSA) is 74.6 Å². The second kappa shape index (κ2) is 15.3. The van der Waals surface area contributed by atoms with Gasteiger partial charge in [0.15, 0.2) is 22.2 Å².